The first-order valence-electron chi connectivity index (χ1n) is 10.1. The number of fused-ring (bicyclic) bond motifs is 1. The fourth-order valence-corrected chi connectivity index (χ4v) is 4.18. The smallest absolute Gasteiger partial charge is 0.339 e. The highest BCUT2D eigenvalue weighted by atomic mass is 32.2. The van der Waals surface area contributed by atoms with Crippen LogP contribution in [0.4, 0.5) is 11.4 Å². The van der Waals surface area contributed by atoms with E-state index in [2.05, 4.69) is 10.5 Å². The molecule has 0 aliphatic carbocycles. The van der Waals surface area contributed by atoms with Gasteiger partial charge in [-0.2, -0.15) is 13.5 Å². The topological polar surface area (TPSA) is 154 Å². The van der Waals surface area contributed by atoms with E-state index in [1.165, 1.54) is 12.3 Å². The lowest BCUT2D eigenvalue weighted by Crippen LogP contribution is -2.17. The SMILES string of the molecule is Nc1ccc(C(=O)N/N=C\c2c(OS(=O)(=O)c3ccc([N+](=O)[O-])cc3)ccc3ccccc23)cc1. The zero-order valence-corrected chi connectivity index (χ0v) is 18.8. The highest BCUT2D eigenvalue weighted by Crippen LogP contribution is 2.29. The second-order valence-electron chi connectivity index (χ2n) is 7.31. The van der Waals surface area contributed by atoms with Gasteiger partial charge in [0.2, 0.25) is 0 Å². The zero-order valence-electron chi connectivity index (χ0n) is 18.0. The van der Waals surface area contributed by atoms with Crippen LogP contribution >= 0.6 is 0 Å². The molecule has 4 rings (SSSR count). The standard InChI is InChI=1S/C24H18N4O6S/c25-18-8-5-17(6-9-18)24(29)27-26-15-22-21-4-2-1-3-16(21)7-14-23(22)34-35(32,33)20-12-10-19(11-13-20)28(30)31/h1-15H,25H2,(H,27,29)/b26-15-. The molecule has 0 unspecified atom stereocenters. The fourth-order valence-electron chi connectivity index (χ4n) is 3.24. The van der Waals surface area contributed by atoms with E-state index in [4.69, 9.17) is 9.92 Å². The number of anilines is 1. The van der Waals surface area contributed by atoms with Gasteiger partial charge in [0.1, 0.15) is 4.90 Å². The Kier molecular flexibility index (Phi) is 6.42. The molecule has 176 valence electrons. The second-order valence-corrected chi connectivity index (χ2v) is 8.85. The van der Waals surface area contributed by atoms with Crippen LogP contribution in [0.25, 0.3) is 10.8 Å². The molecule has 11 heteroatoms. The average molecular weight is 490 g/mol. The van der Waals surface area contributed by atoms with Gasteiger partial charge in [-0.3, -0.25) is 14.9 Å². The number of hydrazone groups is 1. The van der Waals surface area contributed by atoms with Crippen molar-refractivity contribution < 1.29 is 22.3 Å². The van der Waals surface area contributed by atoms with Crippen LogP contribution in [0.2, 0.25) is 0 Å². The maximum atomic E-state index is 12.8. The van der Waals surface area contributed by atoms with Crippen molar-refractivity contribution in [3.05, 3.63) is 106 Å². The maximum Gasteiger partial charge on any atom is 0.339 e. The van der Waals surface area contributed by atoms with Crippen molar-refractivity contribution in [3.8, 4) is 5.75 Å². The number of hydrogen-bond donors (Lipinski definition) is 2. The lowest BCUT2D eigenvalue weighted by atomic mass is 10.0. The summed E-state index contributed by atoms with van der Waals surface area (Å²) in [4.78, 5) is 22.3. The van der Waals surface area contributed by atoms with E-state index >= 15 is 0 Å². The fraction of sp³-hybridized carbons (Fsp3) is 0. The molecule has 0 heterocycles. The van der Waals surface area contributed by atoms with E-state index in [-0.39, 0.29) is 16.3 Å². The molecule has 10 nitrogen and oxygen atoms in total. The third-order valence-corrected chi connectivity index (χ3v) is 6.25. The van der Waals surface area contributed by atoms with Gasteiger partial charge in [-0.25, -0.2) is 5.43 Å². The molecule has 4 aromatic carbocycles. The molecule has 0 radical (unpaired) electrons. The lowest BCUT2D eigenvalue weighted by molar-refractivity contribution is -0.384. The molecule has 1 amide bonds. The molecular weight excluding hydrogens is 472 g/mol. The van der Waals surface area contributed by atoms with Gasteiger partial charge in [-0.05, 0) is 53.2 Å². The Morgan fingerprint density at radius 2 is 1.66 bits per heavy atom. The van der Waals surface area contributed by atoms with Crippen LogP contribution in [0.15, 0.2) is 94.9 Å². The Bertz CT molecular complexity index is 1550. The van der Waals surface area contributed by atoms with Gasteiger partial charge < -0.3 is 9.92 Å². The number of nitrogens with zero attached hydrogens (tertiary/aromatic N) is 2. The Morgan fingerprint density at radius 3 is 2.34 bits per heavy atom. The first-order valence-corrected chi connectivity index (χ1v) is 11.5. The first kappa shape index (κ1) is 23.4. The van der Waals surface area contributed by atoms with Crippen LogP contribution in [0.5, 0.6) is 5.75 Å². The van der Waals surface area contributed by atoms with Crippen molar-refractivity contribution in [2.24, 2.45) is 5.10 Å². The predicted molar refractivity (Wildman–Crippen MR) is 131 cm³/mol. The summed E-state index contributed by atoms with van der Waals surface area (Å²) >= 11 is 0. The van der Waals surface area contributed by atoms with Crippen LogP contribution in [0.1, 0.15) is 15.9 Å². The molecule has 35 heavy (non-hydrogen) atoms. The van der Waals surface area contributed by atoms with Crippen molar-refractivity contribution in [1.82, 2.24) is 5.43 Å². The van der Waals surface area contributed by atoms with E-state index < -0.39 is 20.9 Å². The van der Waals surface area contributed by atoms with E-state index in [1.807, 2.05) is 12.1 Å². The van der Waals surface area contributed by atoms with Gasteiger partial charge >= 0.3 is 10.1 Å². The summed E-state index contributed by atoms with van der Waals surface area (Å²) in [5.74, 6) is -0.519. The van der Waals surface area contributed by atoms with Gasteiger partial charge in [0.25, 0.3) is 11.6 Å². The van der Waals surface area contributed by atoms with Crippen LogP contribution < -0.4 is 15.3 Å². The molecule has 0 bridgehead atoms. The van der Waals surface area contributed by atoms with E-state index in [1.54, 1.807) is 42.5 Å². The van der Waals surface area contributed by atoms with E-state index in [0.717, 1.165) is 29.7 Å². The van der Waals surface area contributed by atoms with Crippen LogP contribution in [0, 0.1) is 10.1 Å². The molecule has 0 atom stereocenters. The monoisotopic (exact) mass is 490 g/mol. The average Bonchev–Trinajstić information content (AvgIpc) is 2.85. The van der Waals surface area contributed by atoms with Gasteiger partial charge in [0.05, 0.1) is 11.1 Å². The summed E-state index contributed by atoms with van der Waals surface area (Å²) in [6.07, 6.45) is 1.29. The van der Waals surface area contributed by atoms with Crippen LogP contribution in [-0.2, 0) is 10.1 Å². The summed E-state index contributed by atoms with van der Waals surface area (Å²) in [7, 11) is -4.32. The third-order valence-electron chi connectivity index (χ3n) is 5.00. The molecule has 0 spiro atoms. The van der Waals surface area contributed by atoms with Gasteiger partial charge in [0, 0.05) is 28.9 Å². The van der Waals surface area contributed by atoms with Crippen molar-refractivity contribution in [3.63, 3.8) is 0 Å². The molecule has 0 aliphatic rings. The molecule has 3 N–H and O–H groups in total. The maximum absolute atomic E-state index is 12.8. The number of nitrogens with two attached hydrogens (primary N) is 1. The minimum absolute atomic E-state index is 0.0347. The van der Waals surface area contributed by atoms with Crippen molar-refractivity contribution in [2.45, 2.75) is 4.90 Å². The number of nitro benzene ring substituents is 1. The molecule has 0 aromatic heterocycles. The largest absolute Gasteiger partial charge is 0.399 e. The Hall–Kier alpha value is -4.77. The Labute approximate surface area is 199 Å². The van der Waals surface area contributed by atoms with E-state index in [0.29, 0.717) is 22.2 Å². The number of amides is 1. The summed E-state index contributed by atoms with van der Waals surface area (Å²) in [5, 5.41) is 16.3. The summed E-state index contributed by atoms with van der Waals surface area (Å²) in [6, 6.07) is 20.9. The van der Waals surface area contributed by atoms with E-state index in [9.17, 15) is 23.3 Å². The van der Waals surface area contributed by atoms with Crippen molar-refractivity contribution in [1.29, 1.82) is 0 Å². The lowest BCUT2D eigenvalue weighted by Gasteiger charge is -2.12. The Morgan fingerprint density at radius 1 is 0.971 bits per heavy atom. The van der Waals surface area contributed by atoms with Crippen LogP contribution in [0.3, 0.4) is 0 Å². The normalized spacial score (nSPS) is 11.4. The highest BCUT2D eigenvalue weighted by Gasteiger charge is 2.20. The molecule has 4 aromatic rings. The number of hydrogen-bond acceptors (Lipinski definition) is 8. The molecule has 0 saturated carbocycles. The minimum atomic E-state index is -4.32. The third kappa shape index (κ3) is 5.25. The summed E-state index contributed by atoms with van der Waals surface area (Å²) in [6.45, 7) is 0. The summed E-state index contributed by atoms with van der Waals surface area (Å²) in [5.41, 5.74) is 8.93. The number of nitro groups is 1. The quantitative estimate of drug-likeness (QED) is 0.131. The number of rotatable bonds is 7. The number of nitrogen functional groups attached to an aromatic ring is 1. The van der Waals surface area contributed by atoms with Crippen molar-refractivity contribution >= 4 is 44.4 Å². The molecule has 0 saturated heterocycles. The van der Waals surface area contributed by atoms with Crippen molar-refractivity contribution in [2.75, 3.05) is 5.73 Å². The van der Waals surface area contributed by atoms with Gasteiger partial charge in [0.15, 0.2) is 5.75 Å². The molecular formula is C24H18N4O6S. The Balaban J connectivity index is 1.65. The van der Waals surface area contributed by atoms with Gasteiger partial charge in [-0.1, -0.05) is 30.3 Å². The number of nitrogens with one attached hydrogen (secondary N) is 1. The number of benzene rings is 4. The minimum Gasteiger partial charge on any atom is -0.399 e. The van der Waals surface area contributed by atoms with Crippen LogP contribution in [-0.4, -0.2) is 25.5 Å². The van der Waals surface area contributed by atoms with Gasteiger partial charge in [-0.15, -0.1) is 0 Å². The number of non-ortho nitro benzene ring substituents is 1. The predicted octanol–water partition coefficient (Wildman–Crippen LogP) is 3.86. The number of carbonyl (C=O) groups excluding carboxylic acids is 1. The zero-order chi connectivity index (χ0) is 25.0. The second kappa shape index (κ2) is 9.61. The first-order chi connectivity index (χ1) is 16.7. The number of carbonyl (C=O) groups is 1. The highest BCUT2D eigenvalue weighted by molar-refractivity contribution is 7.87. The molecule has 0 aliphatic heterocycles. The summed E-state index contributed by atoms with van der Waals surface area (Å²) < 4.78 is 31.1. The molecule has 0 fully saturated rings.